The molecule has 1 atom stereocenters. The summed E-state index contributed by atoms with van der Waals surface area (Å²) in [5, 5.41) is 0. The second-order valence-corrected chi connectivity index (χ2v) is 4.68. The summed E-state index contributed by atoms with van der Waals surface area (Å²) in [5.41, 5.74) is 3.07. The van der Waals surface area contributed by atoms with E-state index in [4.69, 9.17) is 0 Å². The zero-order chi connectivity index (χ0) is 11.2. The van der Waals surface area contributed by atoms with Gasteiger partial charge in [-0.25, -0.2) is 0 Å². The Morgan fingerprint density at radius 3 is 2.25 bits per heavy atom. The average molecular weight is 214 g/mol. The molecule has 0 N–H and O–H groups in total. The first-order chi connectivity index (χ1) is 7.92. The van der Waals surface area contributed by atoms with Gasteiger partial charge >= 0.3 is 0 Å². The van der Waals surface area contributed by atoms with Gasteiger partial charge in [0.1, 0.15) is 0 Å². The van der Waals surface area contributed by atoms with Crippen LogP contribution in [0.15, 0.2) is 47.6 Å². The summed E-state index contributed by atoms with van der Waals surface area (Å²) in [7, 11) is 0. The van der Waals surface area contributed by atoms with Gasteiger partial charge in [0.15, 0.2) is 0 Å². The predicted octanol–water partition coefficient (Wildman–Crippen LogP) is 4.96. The molecule has 0 fully saturated rings. The topological polar surface area (TPSA) is 0 Å². The van der Waals surface area contributed by atoms with E-state index in [0.717, 1.165) is 0 Å². The molecule has 0 saturated heterocycles. The standard InChI is InChI=1S/C16H22/c1-2-16(15-12-8-5-9-13-15)14-10-6-3-4-7-11-14/h6,8,10-13,16H,2-5,7,9H2,1H3. The van der Waals surface area contributed by atoms with Crippen molar-refractivity contribution >= 4 is 0 Å². The highest BCUT2D eigenvalue weighted by molar-refractivity contribution is 5.36. The Bertz CT molecular complexity index is 339. The average Bonchev–Trinajstić information content (AvgIpc) is 2.61. The van der Waals surface area contributed by atoms with Gasteiger partial charge in [0, 0.05) is 5.92 Å². The van der Waals surface area contributed by atoms with E-state index >= 15 is 0 Å². The fourth-order valence-electron chi connectivity index (χ4n) is 2.61. The number of hydrogen-bond donors (Lipinski definition) is 0. The summed E-state index contributed by atoms with van der Waals surface area (Å²) in [4.78, 5) is 0. The number of allylic oxidation sites excluding steroid dienone is 8. The minimum atomic E-state index is 0.630. The van der Waals surface area contributed by atoms with Crippen LogP contribution < -0.4 is 0 Å². The summed E-state index contributed by atoms with van der Waals surface area (Å²) in [5.74, 6) is 0.630. The molecule has 0 heteroatoms. The summed E-state index contributed by atoms with van der Waals surface area (Å²) in [6, 6.07) is 0. The second-order valence-electron chi connectivity index (χ2n) is 4.68. The van der Waals surface area contributed by atoms with Gasteiger partial charge in [-0.1, -0.05) is 43.4 Å². The fraction of sp³-hybridized carbons (Fsp3) is 0.500. The summed E-state index contributed by atoms with van der Waals surface area (Å²) in [6.07, 6.45) is 21.7. The van der Waals surface area contributed by atoms with Gasteiger partial charge in [0.05, 0.1) is 0 Å². The second kappa shape index (κ2) is 5.89. The van der Waals surface area contributed by atoms with Crippen LogP contribution in [0.5, 0.6) is 0 Å². The third kappa shape index (κ3) is 2.75. The van der Waals surface area contributed by atoms with Gasteiger partial charge < -0.3 is 0 Å². The molecular formula is C16H22. The molecule has 2 aliphatic carbocycles. The van der Waals surface area contributed by atoms with Crippen molar-refractivity contribution < 1.29 is 0 Å². The van der Waals surface area contributed by atoms with Crippen LogP contribution in [0, 0.1) is 5.92 Å². The summed E-state index contributed by atoms with van der Waals surface area (Å²) < 4.78 is 0. The molecule has 0 bridgehead atoms. The van der Waals surface area contributed by atoms with Gasteiger partial charge in [-0.3, -0.25) is 0 Å². The third-order valence-electron chi connectivity index (χ3n) is 3.50. The SMILES string of the molecule is CCC(C1=CCCC=C1)C1=CCCCC=C1. The Morgan fingerprint density at radius 2 is 1.62 bits per heavy atom. The van der Waals surface area contributed by atoms with Crippen LogP contribution in [-0.2, 0) is 0 Å². The first-order valence-electron chi connectivity index (χ1n) is 6.65. The monoisotopic (exact) mass is 214 g/mol. The van der Waals surface area contributed by atoms with E-state index in [0.29, 0.717) is 5.92 Å². The maximum absolute atomic E-state index is 2.45. The van der Waals surface area contributed by atoms with Gasteiger partial charge in [-0.05, 0) is 49.7 Å². The molecule has 0 nitrogen and oxygen atoms in total. The van der Waals surface area contributed by atoms with Crippen LogP contribution in [0.25, 0.3) is 0 Å². The molecular weight excluding hydrogens is 192 g/mol. The Morgan fingerprint density at radius 1 is 0.938 bits per heavy atom. The molecule has 16 heavy (non-hydrogen) atoms. The third-order valence-corrected chi connectivity index (χ3v) is 3.50. The highest BCUT2D eigenvalue weighted by atomic mass is 14.2. The number of rotatable bonds is 3. The van der Waals surface area contributed by atoms with E-state index in [1.54, 1.807) is 0 Å². The molecule has 2 rings (SSSR count). The lowest BCUT2D eigenvalue weighted by Crippen LogP contribution is -2.05. The summed E-state index contributed by atoms with van der Waals surface area (Å²) in [6.45, 7) is 2.30. The Labute approximate surface area is 99.4 Å². The summed E-state index contributed by atoms with van der Waals surface area (Å²) >= 11 is 0. The van der Waals surface area contributed by atoms with E-state index in [2.05, 4.69) is 43.4 Å². The molecule has 0 spiro atoms. The van der Waals surface area contributed by atoms with Crippen LogP contribution in [0.3, 0.4) is 0 Å². The highest BCUT2D eigenvalue weighted by Gasteiger charge is 2.15. The Balaban J connectivity index is 2.17. The molecule has 0 aliphatic heterocycles. The van der Waals surface area contributed by atoms with Crippen molar-refractivity contribution in [1.82, 2.24) is 0 Å². The molecule has 0 heterocycles. The van der Waals surface area contributed by atoms with E-state index in [1.807, 2.05) is 0 Å². The lowest BCUT2D eigenvalue weighted by Gasteiger charge is -2.20. The fourth-order valence-corrected chi connectivity index (χ4v) is 2.61. The maximum atomic E-state index is 2.45. The highest BCUT2D eigenvalue weighted by Crippen LogP contribution is 2.30. The van der Waals surface area contributed by atoms with Crippen LogP contribution in [0.4, 0.5) is 0 Å². The van der Waals surface area contributed by atoms with Gasteiger partial charge in [0.2, 0.25) is 0 Å². The van der Waals surface area contributed by atoms with Crippen molar-refractivity contribution in [3.63, 3.8) is 0 Å². The Hall–Kier alpha value is -1.04. The molecule has 1 unspecified atom stereocenters. The van der Waals surface area contributed by atoms with Crippen LogP contribution in [0.1, 0.15) is 45.4 Å². The van der Waals surface area contributed by atoms with Crippen molar-refractivity contribution in [2.75, 3.05) is 0 Å². The first-order valence-corrected chi connectivity index (χ1v) is 6.65. The first kappa shape index (κ1) is 11.4. The van der Waals surface area contributed by atoms with Crippen LogP contribution in [-0.4, -0.2) is 0 Å². The number of hydrogen-bond acceptors (Lipinski definition) is 0. The van der Waals surface area contributed by atoms with E-state index in [9.17, 15) is 0 Å². The zero-order valence-corrected chi connectivity index (χ0v) is 10.3. The molecule has 0 aromatic heterocycles. The van der Waals surface area contributed by atoms with Crippen molar-refractivity contribution in [2.24, 2.45) is 5.92 Å². The molecule has 0 radical (unpaired) electrons. The Kier molecular flexibility index (Phi) is 4.21. The molecule has 0 aromatic rings. The quantitative estimate of drug-likeness (QED) is 0.623. The van der Waals surface area contributed by atoms with E-state index in [-0.39, 0.29) is 0 Å². The van der Waals surface area contributed by atoms with Gasteiger partial charge in [0.25, 0.3) is 0 Å². The largest absolute Gasteiger partial charge is 0.0842 e. The lowest BCUT2D eigenvalue weighted by atomic mass is 9.85. The normalized spacial score (nSPS) is 22.3. The lowest BCUT2D eigenvalue weighted by molar-refractivity contribution is 0.701. The van der Waals surface area contributed by atoms with Crippen molar-refractivity contribution in [3.8, 4) is 0 Å². The van der Waals surface area contributed by atoms with Crippen LogP contribution >= 0.6 is 0 Å². The van der Waals surface area contributed by atoms with Gasteiger partial charge in [-0.2, -0.15) is 0 Å². The molecule has 0 amide bonds. The predicted molar refractivity (Wildman–Crippen MR) is 71.3 cm³/mol. The maximum Gasteiger partial charge on any atom is 0.00801 e. The molecule has 86 valence electrons. The minimum absolute atomic E-state index is 0.630. The zero-order valence-electron chi connectivity index (χ0n) is 10.3. The van der Waals surface area contributed by atoms with Gasteiger partial charge in [-0.15, -0.1) is 0 Å². The molecule has 0 aromatic carbocycles. The van der Waals surface area contributed by atoms with Crippen molar-refractivity contribution in [1.29, 1.82) is 0 Å². The van der Waals surface area contributed by atoms with Crippen LogP contribution in [0.2, 0.25) is 0 Å². The molecule has 0 saturated carbocycles. The van der Waals surface area contributed by atoms with E-state index < -0.39 is 0 Å². The van der Waals surface area contributed by atoms with Crippen molar-refractivity contribution in [3.05, 3.63) is 47.6 Å². The smallest absolute Gasteiger partial charge is 0.00801 e. The minimum Gasteiger partial charge on any atom is -0.0842 e. The molecule has 2 aliphatic rings. The van der Waals surface area contributed by atoms with Crippen molar-refractivity contribution in [2.45, 2.75) is 45.4 Å². The van der Waals surface area contributed by atoms with E-state index in [1.165, 1.54) is 49.7 Å².